The minimum Gasteiger partial charge on any atom is -0.462 e. The van der Waals surface area contributed by atoms with Crippen molar-refractivity contribution in [2.24, 2.45) is 5.10 Å². The van der Waals surface area contributed by atoms with Crippen LogP contribution in [-0.2, 0) is 30.2 Å². The first-order valence-electron chi connectivity index (χ1n) is 9.44. The number of benzene rings is 1. The van der Waals surface area contributed by atoms with Gasteiger partial charge in [-0.05, 0) is 46.6 Å². The van der Waals surface area contributed by atoms with Crippen molar-refractivity contribution in [2.75, 3.05) is 6.61 Å². The molecule has 154 valence electrons. The van der Waals surface area contributed by atoms with E-state index in [1.54, 1.807) is 34.6 Å². The zero-order valence-electron chi connectivity index (χ0n) is 17.0. The molecule has 1 aromatic carbocycles. The van der Waals surface area contributed by atoms with Crippen molar-refractivity contribution in [3.8, 4) is 0 Å². The Bertz CT molecular complexity index is 704. The van der Waals surface area contributed by atoms with Crippen LogP contribution >= 0.6 is 0 Å². The summed E-state index contributed by atoms with van der Waals surface area (Å²) in [7, 11) is 0. The summed E-state index contributed by atoms with van der Waals surface area (Å²) in [5.41, 5.74) is -0.813. The molecule has 8 nitrogen and oxygen atoms in total. The van der Waals surface area contributed by atoms with E-state index in [9.17, 15) is 9.59 Å². The molecule has 0 fully saturated rings. The van der Waals surface area contributed by atoms with Gasteiger partial charge in [-0.25, -0.2) is 9.59 Å². The van der Waals surface area contributed by atoms with Crippen LogP contribution in [0.1, 0.15) is 46.6 Å². The molecule has 1 aliphatic heterocycles. The van der Waals surface area contributed by atoms with Gasteiger partial charge < -0.3 is 18.9 Å². The number of ether oxygens (including phenoxy) is 4. The largest absolute Gasteiger partial charge is 0.462 e. The van der Waals surface area contributed by atoms with Crippen LogP contribution in [0, 0.1) is 0 Å². The molecule has 8 heteroatoms. The van der Waals surface area contributed by atoms with Crippen molar-refractivity contribution in [2.45, 2.75) is 65.4 Å². The molecular weight excluding hydrogens is 364 g/mol. The highest BCUT2D eigenvalue weighted by Gasteiger charge is 2.57. The molecule has 0 saturated heterocycles. The molecule has 1 aromatic rings. The first kappa shape index (κ1) is 21.5. The fourth-order valence-electron chi connectivity index (χ4n) is 2.65. The lowest BCUT2D eigenvalue weighted by atomic mass is 10.0. The highest BCUT2D eigenvalue weighted by Crippen LogP contribution is 2.33. The predicted octanol–water partition coefficient (Wildman–Crippen LogP) is 3.45. The summed E-state index contributed by atoms with van der Waals surface area (Å²) >= 11 is 0. The van der Waals surface area contributed by atoms with E-state index < -0.39 is 23.9 Å². The molecular formula is C20H28N2O6. The maximum atomic E-state index is 12.9. The van der Waals surface area contributed by atoms with Gasteiger partial charge in [0.25, 0.3) is 0 Å². The van der Waals surface area contributed by atoms with Crippen LogP contribution in [0.4, 0.5) is 4.79 Å². The van der Waals surface area contributed by atoms with Crippen molar-refractivity contribution in [1.82, 2.24) is 5.01 Å². The van der Waals surface area contributed by atoms with E-state index in [-0.39, 0.29) is 25.2 Å². The maximum absolute atomic E-state index is 12.9. The number of hydrazone groups is 1. The predicted molar refractivity (Wildman–Crippen MR) is 102 cm³/mol. The molecule has 1 amide bonds. The number of hydrogen-bond acceptors (Lipinski definition) is 7. The molecule has 0 radical (unpaired) electrons. The van der Waals surface area contributed by atoms with Crippen LogP contribution in [0.3, 0.4) is 0 Å². The summed E-state index contributed by atoms with van der Waals surface area (Å²) in [6.45, 7) is 8.80. The van der Waals surface area contributed by atoms with Crippen molar-refractivity contribution >= 4 is 18.1 Å². The SMILES string of the molecule is CCOC(=O)C1(CCc2ccccc2)OC(OC(C)C)=NN1C(=O)OC(C)C. The number of nitrogens with zero attached hydrogens (tertiary/aromatic N) is 2. The van der Waals surface area contributed by atoms with Crippen LogP contribution in [0.5, 0.6) is 0 Å². The fraction of sp³-hybridized carbons (Fsp3) is 0.550. The molecule has 28 heavy (non-hydrogen) atoms. The van der Waals surface area contributed by atoms with E-state index >= 15 is 0 Å². The molecule has 1 heterocycles. The van der Waals surface area contributed by atoms with Crippen LogP contribution in [-0.4, -0.2) is 47.7 Å². The Hall–Kier alpha value is -2.77. The zero-order chi connectivity index (χ0) is 20.7. The number of hydrogen-bond donors (Lipinski definition) is 0. The van der Waals surface area contributed by atoms with Crippen molar-refractivity contribution < 1.29 is 28.5 Å². The molecule has 1 atom stereocenters. The van der Waals surface area contributed by atoms with E-state index in [1.807, 2.05) is 30.3 Å². The van der Waals surface area contributed by atoms with E-state index in [2.05, 4.69) is 5.10 Å². The van der Waals surface area contributed by atoms with Crippen molar-refractivity contribution in [1.29, 1.82) is 0 Å². The van der Waals surface area contributed by atoms with Gasteiger partial charge in [0.15, 0.2) is 0 Å². The van der Waals surface area contributed by atoms with Crippen LogP contribution in [0.15, 0.2) is 35.4 Å². The Morgan fingerprint density at radius 1 is 1.14 bits per heavy atom. The van der Waals surface area contributed by atoms with Gasteiger partial charge in [0.1, 0.15) is 0 Å². The highest BCUT2D eigenvalue weighted by molar-refractivity contribution is 5.89. The molecule has 0 bridgehead atoms. The molecule has 1 aliphatic rings. The van der Waals surface area contributed by atoms with Gasteiger partial charge in [-0.3, -0.25) is 0 Å². The second-order valence-electron chi connectivity index (χ2n) is 6.87. The first-order valence-corrected chi connectivity index (χ1v) is 9.44. The minimum atomic E-state index is -1.79. The van der Waals surface area contributed by atoms with Gasteiger partial charge in [0.2, 0.25) is 0 Å². The topological polar surface area (TPSA) is 86.7 Å². The Morgan fingerprint density at radius 2 is 1.82 bits per heavy atom. The minimum absolute atomic E-state index is 0.123. The summed E-state index contributed by atoms with van der Waals surface area (Å²) in [4.78, 5) is 25.6. The Morgan fingerprint density at radius 3 is 2.39 bits per heavy atom. The summed E-state index contributed by atoms with van der Waals surface area (Å²) < 4.78 is 21.8. The normalized spacial score (nSPS) is 18.7. The fourth-order valence-corrected chi connectivity index (χ4v) is 2.65. The maximum Gasteiger partial charge on any atom is 0.434 e. The van der Waals surface area contributed by atoms with E-state index in [4.69, 9.17) is 18.9 Å². The Labute approximate surface area is 165 Å². The average molecular weight is 392 g/mol. The third kappa shape index (κ3) is 5.15. The van der Waals surface area contributed by atoms with E-state index in [1.165, 1.54) is 0 Å². The molecule has 1 unspecified atom stereocenters. The highest BCUT2D eigenvalue weighted by atomic mass is 16.7. The summed E-state index contributed by atoms with van der Waals surface area (Å²) in [6.07, 6.45) is -1.05. The monoisotopic (exact) mass is 392 g/mol. The van der Waals surface area contributed by atoms with E-state index in [0.29, 0.717) is 6.42 Å². The Balaban J connectivity index is 2.36. The molecule has 2 rings (SSSR count). The molecule has 0 spiro atoms. The second-order valence-corrected chi connectivity index (χ2v) is 6.87. The number of amides is 1. The standard InChI is InChI=1S/C20H28N2O6/c1-6-25-17(23)20(13-12-16-10-8-7-9-11-16)22(19(24)27-15(4)5)21-18(28-20)26-14(2)3/h7-11,14-15H,6,12-13H2,1-5H3. The lowest BCUT2D eigenvalue weighted by Gasteiger charge is -2.31. The zero-order valence-corrected chi connectivity index (χ0v) is 17.0. The van der Waals surface area contributed by atoms with Crippen molar-refractivity contribution in [3.63, 3.8) is 0 Å². The third-order valence-electron chi connectivity index (χ3n) is 3.82. The number of esters is 1. The lowest BCUT2D eigenvalue weighted by Crippen LogP contribution is -2.55. The third-order valence-corrected chi connectivity index (χ3v) is 3.82. The number of carbonyl (C=O) groups excluding carboxylic acids is 2. The summed E-state index contributed by atoms with van der Waals surface area (Å²) in [5, 5.41) is 4.98. The smallest absolute Gasteiger partial charge is 0.434 e. The van der Waals surface area contributed by atoms with Crippen LogP contribution < -0.4 is 0 Å². The quantitative estimate of drug-likeness (QED) is 0.661. The number of rotatable bonds is 7. The van der Waals surface area contributed by atoms with Gasteiger partial charge in [0.05, 0.1) is 18.8 Å². The van der Waals surface area contributed by atoms with Gasteiger partial charge in [-0.15, -0.1) is 5.01 Å². The van der Waals surface area contributed by atoms with Crippen LogP contribution in [0.25, 0.3) is 0 Å². The second kappa shape index (κ2) is 9.43. The lowest BCUT2D eigenvalue weighted by molar-refractivity contribution is -0.179. The van der Waals surface area contributed by atoms with Gasteiger partial charge >= 0.3 is 23.9 Å². The molecule has 0 N–H and O–H groups in total. The van der Waals surface area contributed by atoms with Crippen molar-refractivity contribution in [3.05, 3.63) is 35.9 Å². The Kier molecular flexibility index (Phi) is 7.25. The van der Waals surface area contributed by atoms with Crippen LogP contribution in [0.2, 0.25) is 0 Å². The first-order chi connectivity index (χ1) is 13.3. The molecule has 0 saturated carbocycles. The van der Waals surface area contributed by atoms with E-state index in [0.717, 1.165) is 10.6 Å². The van der Waals surface area contributed by atoms with Gasteiger partial charge in [0, 0.05) is 6.42 Å². The van der Waals surface area contributed by atoms with Gasteiger partial charge in [-0.1, -0.05) is 35.4 Å². The molecule has 0 aliphatic carbocycles. The summed E-state index contributed by atoms with van der Waals surface area (Å²) in [6, 6.07) is 9.56. The number of carbonyl (C=O) groups is 2. The number of aryl methyl sites for hydroxylation is 1. The molecule has 0 aromatic heterocycles. The van der Waals surface area contributed by atoms with Gasteiger partial charge in [-0.2, -0.15) is 0 Å². The summed E-state index contributed by atoms with van der Waals surface area (Å²) in [5.74, 6) is -0.724. The average Bonchev–Trinajstić information content (AvgIpc) is 2.99.